The van der Waals surface area contributed by atoms with Crippen molar-refractivity contribution in [3.8, 4) is 39.4 Å². The third-order valence-electron chi connectivity index (χ3n) is 4.49. The van der Waals surface area contributed by atoms with Crippen LogP contribution in [-0.2, 0) is 4.79 Å². The molecule has 5 nitrogen and oxygen atoms in total. The Balaban J connectivity index is 2.08. The number of esters is 1. The van der Waals surface area contributed by atoms with Crippen LogP contribution in [0.1, 0.15) is 6.92 Å². The molecule has 0 saturated carbocycles. The van der Waals surface area contributed by atoms with Crippen molar-refractivity contribution in [2.75, 3.05) is 0 Å². The standard InChI is InChI=1S/C23H13Cl3FN3O2/c1-12(31)32-15-6-4-5-13(9-15)19-20(22-17(25)10-14(24)11-28-22)23(26)30-29-21(19)16-7-2-3-8-18(16)27/h2-11H,1H3. The van der Waals surface area contributed by atoms with E-state index in [0.29, 0.717) is 33.2 Å². The minimum Gasteiger partial charge on any atom is -0.427 e. The Hall–Kier alpha value is -3.06. The second kappa shape index (κ2) is 9.20. The van der Waals surface area contributed by atoms with E-state index in [1.54, 1.807) is 42.5 Å². The number of ether oxygens (including phenoxy) is 1. The lowest BCUT2D eigenvalue weighted by molar-refractivity contribution is -0.131. The molecule has 0 saturated heterocycles. The van der Waals surface area contributed by atoms with Crippen molar-refractivity contribution in [1.29, 1.82) is 0 Å². The van der Waals surface area contributed by atoms with Crippen molar-refractivity contribution in [2.45, 2.75) is 6.92 Å². The van der Waals surface area contributed by atoms with Gasteiger partial charge in [-0.3, -0.25) is 9.78 Å². The molecule has 9 heteroatoms. The molecule has 0 N–H and O–H groups in total. The van der Waals surface area contributed by atoms with Crippen LogP contribution in [0.15, 0.2) is 60.8 Å². The summed E-state index contributed by atoms with van der Waals surface area (Å²) in [6, 6.07) is 14.3. The van der Waals surface area contributed by atoms with Crippen LogP contribution in [0.2, 0.25) is 15.2 Å². The van der Waals surface area contributed by atoms with Crippen LogP contribution in [0.4, 0.5) is 4.39 Å². The predicted octanol–water partition coefficient (Wildman–Crippen LogP) is 6.90. The van der Waals surface area contributed by atoms with Crippen molar-refractivity contribution in [3.05, 3.63) is 81.8 Å². The summed E-state index contributed by atoms with van der Waals surface area (Å²) in [5.74, 6) is -0.684. The van der Waals surface area contributed by atoms with Crippen molar-refractivity contribution >= 4 is 40.8 Å². The van der Waals surface area contributed by atoms with Gasteiger partial charge in [0, 0.05) is 24.2 Å². The van der Waals surface area contributed by atoms with Crippen molar-refractivity contribution < 1.29 is 13.9 Å². The number of benzene rings is 2. The SMILES string of the molecule is CC(=O)Oc1cccc(-c2c(-c3ccccc3F)nnc(Cl)c2-c2ncc(Cl)cc2Cl)c1. The van der Waals surface area contributed by atoms with Crippen molar-refractivity contribution in [1.82, 2.24) is 15.2 Å². The van der Waals surface area contributed by atoms with Crippen molar-refractivity contribution in [2.24, 2.45) is 0 Å². The number of halogens is 4. The van der Waals surface area contributed by atoms with E-state index in [0.717, 1.165) is 0 Å². The average Bonchev–Trinajstić information content (AvgIpc) is 2.74. The molecule has 0 aliphatic heterocycles. The Kier molecular flexibility index (Phi) is 6.37. The zero-order chi connectivity index (χ0) is 22.8. The zero-order valence-electron chi connectivity index (χ0n) is 16.4. The lowest BCUT2D eigenvalue weighted by atomic mass is 9.93. The van der Waals surface area contributed by atoms with E-state index in [-0.39, 0.29) is 21.4 Å². The summed E-state index contributed by atoms with van der Waals surface area (Å²) in [4.78, 5) is 15.8. The third kappa shape index (κ3) is 4.43. The summed E-state index contributed by atoms with van der Waals surface area (Å²) in [7, 11) is 0. The van der Waals surface area contributed by atoms with Gasteiger partial charge in [0.2, 0.25) is 0 Å². The van der Waals surface area contributed by atoms with Gasteiger partial charge in [-0.2, -0.15) is 0 Å². The molecule has 0 spiro atoms. The van der Waals surface area contributed by atoms with E-state index in [2.05, 4.69) is 15.2 Å². The van der Waals surface area contributed by atoms with Gasteiger partial charge in [0.05, 0.1) is 21.3 Å². The fourth-order valence-corrected chi connectivity index (χ4v) is 3.93. The molecule has 160 valence electrons. The fraction of sp³-hybridized carbons (Fsp3) is 0.0435. The van der Waals surface area contributed by atoms with Gasteiger partial charge in [0.1, 0.15) is 17.3 Å². The predicted molar refractivity (Wildman–Crippen MR) is 122 cm³/mol. The normalized spacial score (nSPS) is 10.8. The first kappa shape index (κ1) is 22.1. The molecule has 2 aromatic carbocycles. The van der Waals surface area contributed by atoms with Crippen molar-refractivity contribution in [3.63, 3.8) is 0 Å². The summed E-state index contributed by atoms with van der Waals surface area (Å²) < 4.78 is 20.0. The average molecular weight is 489 g/mol. The molecule has 2 heterocycles. The topological polar surface area (TPSA) is 65.0 Å². The number of pyridine rings is 1. The lowest BCUT2D eigenvalue weighted by Gasteiger charge is -2.17. The largest absolute Gasteiger partial charge is 0.427 e. The molecular weight excluding hydrogens is 476 g/mol. The Morgan fingerprint density at radius 3 is 2.44 bits per heavy atom. The van der Waals surface area contributed by atoms with Gasteiger partial charge in [-0.15, -0.1) is 10.2 Å². The number of nitrogens with zero attached hydrogens (tertiary/aromatic N) is 3. The number of aromatic nitrogens is 3. The molecule has 4 rings (SSSR count). The number of hydrogen-bond donors (Lipinski definition) is 0. The van der Waals surface area contributed by atoms with Crippen LogP contribution in [0.3, 0.4) is 0 Å². The first-order chi connectivity index (χ1) is 15.3. The minimum atomic E-state index is -0.498. The summed E-state index contributed by atoms with van der Waals surface area (Å²) >= 11 is 18.9. The highest BCUT2D eigenvalue weighted by Crippen LogP contribution is 2.44. The van der Waals surface area contributed by atoms with Crippen LogP contribution in [-0.4, -0.2) is 21.2 Å². The quantitative estimate of drug-likeness (QED) is 0.231. The monoisotopic (exact) mass is 487 g/mol. The fourth-order valence-electron chi connectivity index (χ4n) is 3.23. The molecule has 0 fully saturated rings. The lowest BCUT2D eigenvalue weighted by Crippen LogP contribution is -2.03. The van der Waals surface area contributed by atoms with Gasteiger partial charge in [0.25, 0.3) is 0 Å². The molecule has 0 aliphatic rings. The van der Waals surface area contributed by atoms with E-state index < -0.39 is 11.8 Å². The number of hydrogen-bond acceptors (Lipinski definition) is 5. The Morgan fingerprint density at radius 2 is 1.72 bits per heavy atom. The Morgan fingerprint density at radius 1 is 0.938 bits per heavy atom. The summed E-state index contributed by atoms with van der Waals surface area (Å²) in [5, 5.41) is 8.78. The minimum absolute atomic E-state index is 0.00898. The summed E-state index contributed by atoms with van der Waals surface area (Å²) in [6.45, 7) is 1.30. The van der Waals surface area contributed by atoms with Gasteiger partial charge in [-0.25, -0.2) is 4.39 Å². The molecule has 0 aliphatic carbocycles. The first-order valence-corrected chi connectivity index (χ1v) is 10.4. The molecular formula is C23H13Cl3FN3O2. The molecule has 0 bridgehead atoms. The highest BCUT2D eigenvalue weighted by Gasteiger charge is 2.24. The number of rotatable bonds is 4. The van der Waals surface area contributed by atoms with Gasteiger partial charge in [-0.1, -0.05) is 59.1 Å². The van der Waals surface area contributed by atoms with E-state index >= 15 is 0 Å². The second-order valence-corrected chi connectivity index (χ2v) is 7.88. The first-order valence-electron chi connectivity index (χ1n) is 9.26. The Labute approximate surface area is 197 Å². The van der Waals surface area contributed by atoms with Crippen LogP contribution in [0.25, 0.3) is 33.6 Å². The zero-order valence-corrected chi connectivity index (χ0v) is 18.7. The Bertz CT molecular complexity index is 1350. The van der Waals surface area contributed by atoms with Crippen LogP contribution >= 0.6 is 34.8 Å². The number of carbonyl (C=O) groups is 1. The van der Waals surface area contributed by atoms with E-state index in [9.17, 15) is 9.18 Å². The van der Waals surface area contributed by atoms with E-state index in [1.807, 2.05) is 0 Å². The summed E-state index contributed by atoms with van der Waals surface area (Å²) in [5.41, 5.74) is 2.01. The van der Waals surface area contributed by atoms with Gasteiger partial charge >= 0.3 is 5.97 Å². The molecule has 2 aromatic heterocycles. The molecule has 0 amide bonds. The maximum absolute atomic E-state index is 14.8. The highest BCUT2D eigenvalue weighted by molar-refractivity contribution is 6.38. The third-order valence-corrected chi connectivity index (χ3v) is 5.25. The van der Waals surface area contributed by atoms with E-state index in [4.69, 9.17) is 39.5 Å². The molecule has 0 atom stereocenters. The van der Waals surface area contributed by atoms with Gasteiger partial charge in [0.15, 0.2) is 5.15 Å². The number of carbonyl (C=O) groups excluding carboxylic acids is 1. The van der Waals surface area contributed by atoms with Crippen LogP contribution in [0, 0.1) is 5.82 Å². The highest BCUT2D eigenvalue weighted by atomic mass is 35.5. The molecule has 0 radical (unpaired) electrons. The smallest absolute Gasteiger partial charge is 0.308 e. The second-order valence-electron chi connectivity index (χ2n) is 6.67. The van der Waals surface area contributed by atoms with Gasteiger partial charge in [-0.05, 0) is 35.9 Å². The van der Waals surface area contributed by atoms with Gasteiger partial charge < -0.3 is 4.74 Å². The molecule has 0 unspecified atom stereocenters. The molecule has 4 aromatic rings. The van der Waals surface area contributed by atoms with E-state index in [1.165, 1.54) is 25.3 Å². The van der Waals surface area contributed by atoms with Crippen LogP contribution < -0.4 is 4.74 Å². The maximum Gasteiger partial charge on any atom is 0.308 e. The van der Waals surface area contributed by atoms with Crippen LogP contribution in [0.5, 0.6) is 5.75 Å². The molecule has 32 heavy (non-hydrogen) atoms. The maximum atomic E-state index is 14.8. The summed E-state index contributed by atoms with van der Waals surface area (Å²) in [6.07, 6.45) is 1.42.